The summed E-state index contributed by atoms with van der Waals surface area (Å²) < 4.78 is 15.8. The number of morpholine rings is 1. The Labute approximate surface area is 148 Å². The van der Waals surface area contributed by atoms with E-state index < -0.39 is 6.10 Å². The number of aliphatic hydroxyl groups is 1. The first-order valence-electron chi connectivity index (χ1n) is 8.35. The lowest BCUT2D eigenvalue weighted by molar-refractivity contribution is 0.0157. The van der Waals surface area contributed by atoms with Crippen LogP contribution < -0.4 is 20.5 Å². The summed E-state index contributed by atoms with van der Waals surface area (Å²) >= 11 is 0. The molecule has 0 aromatic heterocycles. The van der Waals surface area contributed by atoms with E-state index in [0.717, 1.165) is 31.9 Å². The molecule has 1 aliphatic heterocycles. The second-order valence-corrected chi connectivity index (χ2v) is 5.84. The third-order valence-electron chi connectivity index (χ3n) is 3.97. The zero-order valence-electron chi connectivity index (χ0n) is 14.9. The molecule has 8 heteroatoms. The number of nitrogens with two attached hydrogens (primary N) is 1. The molecule has 0 saturated carbocycles. The van der Waals surface area contributed by atoms with Crippen molar-refractivity contribution in [3.8, 4) is 11.5 Å². The summed E-state index contributed by atoms with van der Waals surface area (Å²) in [6, 6.07) is 5.60. The molecule has 1 heterocycles. The molecule has 1 saturated heterocycles. The van der Waals surface area contributed by atoms with Crippen LogP contribution in [0.15, 0.2) is 23.2 Å². The zero-order valence-corrected chi connectivity index (χ0v) is 14.9. The van der Waals surface area contributed by atoms with E-state index in [1.165, 1.54) is 0 Å². The normalized spacial score (nSPS) is 17.2. The van der Waals surface area contributed by atoms with Crippen molar-refractivity contribution >= 4 is 5.96 Å². The lowest BCUT2D eigenvalue weighted by Crippen LogP contribution is -2.45. The van der Waals surface area contributed by atoms with Crippen LogP contribution in [0.3, 0.4) is 0 Å². The van der Waals surface area contributed by atoms with Gasteiger partial charge >= 0.3 is 0 Å². The highest BCUT2D eigenvalue weighted by atomic mass is 16.5. The lowest BCUT2D eigenvalue weighted by Gasteiger charge is -2.28. The molecule has 0 radical (unpaired) electrons. The van der Waals surface area contributed by atoms with Gasteiger partial charge in [0.15, 0.2) is 17.5 Å². The number of hydrogen-bond acceptors (Lipinski definition) is 6. The minimum Gasteiger partial charge on any atom is -0.493 e. The topological polar surface area (TPSA) is 102 Å². The van der Waals surface area contributed by atoms with E-state index in [1.807, 2.05) is 18.2 Å². The Kier molecular flexibility index (Phi) is 7.77. The Morgan fingerprint density at radius 2 is 2.04 bits per heavy atom. The van der Waals surface area contributed by atoms with Gasteiger partial charge in [0.2, 0.25) is 0 Å². The van der Waals surface area contributed by atoms with Gasteiger partial charge in [-0.1, -0.05) is 6.07 Å². The van der Waals surface area contributed by atoms with Gasteiger partial charge in [-0.2, -0.15) is 0 Å². The van der Waals surface area contributed by atoms with Crippen molar-refractivity contribution in [2.45, 2.75) is 12.6 Å². The molecule has 1 fully saturated rings. The Hall–Kier alpha value is -2.03. The zero-order chi connectivity index (χ0) is 18.1. The number of ether oxygens (including phenoxy) is 3. The van der Waals surface area contributed by atoms with E-state index in [1.54, 1.807) is 14.2 Å². The molecular formula is C17H28N4O4. The number of β-amino-alcohol motifs (C(OH)–C–C–N with tert-alkyl or cyclic N) is 1. The summed E-state index contributed by atoms with van der Waals surface area (Å²) in [6.07, 6.45) is -0.507. The van der Waals surface area contributed by atoms with Gasteiger partial charge in [0, 0.05) is 26.2 Å². The predicted octanol–water partition coefficient (Wildman–Crippen LogP) is -0.199. The van der Waals surface area contributed by atoms with Gasteiger partial charge in [-0.15, -0.1) is 0 Å². The fourth-order valence-electron chi connectivity index (χ4n) is 2.58. The SMILES string of the molecule is COc1ccc(CN=C(N)NCC(O)CN2CCOCC2)cc1OC. The minimum atomic E-state index is -0.507. The first kappa shape index (κ1) is 19.3. The molecule has 0 aliphatic carbocycles. The van der Waals surface area contributed by atoms with Crippen LogP contribution in [0.25, 0.3) is 0 Å². The molecule has 0 amide bonds. The van der Waals surface area contributed by atoms with Crippen molar-refractivity contribution in [2.75, 3.05) is 53.6 Å². The summed E-state index contributed by atoms with van der Waals surface area (Å²) in [5.74, 6) is 1.63. The van der Waals surface area contributed by atoms with Gasteiger partial charge in [0.25, 0.3) is 0 Å². The van der Waals surface area contributed by atoms with Crippen LogP contribution in [-0.2, 0) is 11.3 Å². The maximum Gasteiger partial charge on any atom is 0.189 e. The molecule has 0 bridgehead atoms. The standard InChI is InChI=1S/C17H28N4O4/c1-23-15-4-3-13(9-16(15)24-2)10-19-17(18)20-11-14(22)12-21-5-7-25-8-6-21/h3-4,9,14,22H,5-8,10-12H2,1-2H3,(H3,18,19,20). The van der Waals surface area contributed by atoms with Gasteiger partial charge in [-0.25, -0.2) is 4.99 Å². The Bertz CT molecular complexity index is 562. The number of hydrogen-bond donors (Lipinski definition) is 3. The molecule has 1 unspecified atom stereocenters. The van der Waals surface area contributed by atoms with Crippen LogP contribution in [0.4, 0.5) is 0 Å². The van der Waals surface area contributed by atoms with E-state index in [0.29, 0.717) is 37.1 Å². The summed E-state index contributed by atoms with van der Waals surface area (Å²) in [6.45, 7) is 4.50. The quantitative estimate of drug-likeness (QED) is 0.440. The minimum absolute atomic E-state index is 0.302. The average molecular weight is 352 g/mol. The van der Waals surface area contributed by atoms with Gasteiger partial charge in [-0.3, -0.25) is 4.90 Å². The molecular weight excluding hydrogens is 324 g/mol. The molecule has 140 valence electrons. The molecule has 4 N–H and O–H groups in total. The van der Waals surface area contributed by atoms with Crippen LogP contribution >= 0.6 is 0 Å². The first-order valence-corrected chi connectivity index (χ1v) is 8.35. The van der Waals surface area contributed by atoms with Crippen molar-refractivity contribution in [3.63, 3.8) is 0 Å². The number of aliphatic hydroxyl groups excluding tert-OH is 1. The lowest BCUT2D eigenvalue weighted by atomic mass is 10.2. The van der Waals surface area contributed by atoms with Gasteiger partial charge in [0.05, 0.1) is 40.1 Å². The van der Waals surface area contributed by atoms with Crippen molar-refractivity contribution in [3.05, 3.63) is 23.8 Å². The molecule has 0 spiro atoms. The largest absolute Gasteiger partial charge is 0.493 e. The van der Waals surface area contributed by atoms with E-state index in [9.17, 15) is 5.11 Å². The number of benzene rings is 1. The van der Waals surface area contributed by atoms with Crippen molar-refractivity contribution in [1.82, 2.24) is 10.2 Å². The maximum atomic E-state index is 10.1. The average Bonchev–Trinajstić information content (AvgIpc) is 2.65. The molecule has 1 aromatic carbocycles. The highest BCUT2D eigenvalue weighted by Gasteiger charge is 2.14. The third kappa shape index (κ3) is 6.41. The summed E-state index contributed by atoms with van der Waals surface area (Å²) in [7, 11) is 3.19. The highest BCUT2D eigenvalue weighted by Crippen LogP contribution is 2.27. The molecule has 8 nitrogen and oxygen atoms in total. The Balaban J connectivity index is 1.77. The fourth-order valence-corrected chi connectivity index (χ4v) is 2.58. The third-order valence-corrected chi connectivity index (χ3v) is 3.97. The van der Waals surface area contributed by atoms with E-state index in [2.05, 4.69) is 15.2 Å². The van der Waals surface area contributed by atoms with E-state index in [-0.39, 0.29) is 0 Å². The summed E-state index contributed by atoms with van der Waals surface area (Å²) in [5.41, 5.74) is 6.82. The molecule has 1 aliphatic rings. The van der Waals surface area contributed by atoms with Crippen molar-refractivity contribution < 1.29 is 19.3 Å². The Morgan fingerprint density at radius 1 is 1.32 bits per heavy atom. The van der Waals surface area contributed by atoms with Gasteiger partial charge in [-0.05, 0) is 17.7 Å². The molecule has 1 atom stereocenters. The second-order valence-electron chi connectivity index (χ2n) is 5.84. The maximum absolute atomic E-state index is 10.1. The number of nitrogens with zero attached hydrogens (tertiary/aromatic N) is 2. The summed E-state index contributed by atoms with van der Waals surface area (Å²) in [4.78, 5) is 6.46. The second kappa shape index (κ2) is 10.1. The van der Waals surface area contributed by atoms with E-state index in [4.69, 9.17) is 19.9 Å². The number of nitrogens with one attached hydrogen (secondary N) is 1. The number of aliphatic imine (C=N–C) groups is 1. The number of guanidine groups is 1. The fraction of sp³-hybridized carbons (Fsp3) is 0.588. The van der Waals surface area contributed by atoms with Crippen molar-refractivity contribution in [2.24, 2.45) is 10.7 Å². The molecule has 25 heavy (non-hydrogen) atoms. The predicted molar refractivity (Wildman–Crippen MR) is 96.1 cm³/mol. The smallest absolute Gasteiger partial charge is 0.189 e. The molecule has 2 rings (SSSR count). The summed E-state index contributed by atoms with van der Waals surface area (Å²) in [5, 5.41) is 13.0. The van der Waals surface area contributed by atoms with E-state index >= 15 is 0 Å². The monoisotopic (exact) mass is 352 g/mol. The number of methoxy groups -OCH3 is 2. The first-order chi connectivity index (χ1) is 12.1. The van der Waals surface area contributed by atoms with Crippen molar-refractivity contribution in [1.29, 1.82) is 0 Å². The Morgan fingerprint density at radius 3 is 2.72 bits per heavy atom. The van der Waals surface area contributed by atoms with Crippen LogP contribution in [0, 0.1) is 0 Å². The van der Waals surface area contributed by atoms with Crippen LogP contribution in [0.5, 0.6) is 11.5 Å². The van der Waals surface area contributed by atoms with Crippen LogP contribution in [0.1, 0.15) is 5.56 Å². The van der Waals surface area contributed by atoms with Gasteiger partial charge < -0.3 is 30.4 Å². The van der Waals surface area contributed by atoms with Gasteiger partial charge in [0.1, 0.15) is 0 Å². The molecule has 1 aromatic rings. The van der Waals surface area contributed by atoms with Crippen LogP contribution in [0.2, 0.25) is 0 Å². The number of rotatable bonds is 8. The highest BCUT2D eigenvalue weighted by molar-refractivity contribution is 5.77. The van der Waals surface area contributed by atoms with Crippen LogP contribution in [-0.4, -0.2) is 75.7 Å².